The third-order valence-electron chi connectivity index (χ3n) is 4.81. The van der Waals surface area contributed by atoms with Gasteiger partial charge in [0.2, 0.25) is 5.91 Å². The molecule has 1 amide bonds. The predicted octanol–water partition coefficient (Wildman–Crippen LogP) is 1.38. The molecule has 2 aromatic heterocycles. The Morgan fingerprint density at radius 1 is 1.22 bits per heavy atom. The highest BCUT2D eigenvalue weighted by atomic mass is 16.3. The van der Waals surface area contributed by atoms with Gasteiger partial charge in [0.05, 0.1) is 24.5 Å². The Labute approximate surface area is 157 Å². The second-order valence-electron chi connectivity index (χ2n) is 6.67. The molecule has 8 heteroatoms. The molecule has 0 bridgehead atoms. The van der Waals surface area contributed by atoms with Crippen molar-refractivity contribution in [3.05, 3.63) is 66.0 Å². The molecule has 1 aliphatic heterocycles. The second-order valence-corrected chi connectivity index (χ2v) is 6.67. The SMILES string of the molecule is O=C(CCCn1cncn1)N1CCn2nc([C@@H](O)c3ccccc3)cc2C1. The molecule has 4 rings (SSSR count). The van der Waals surface area contributed by atoms with Crippen LogP contribution in [-0.4, -0.2) is 47.0 Å². The molecule has 140 valence electrons. The summed E-state index contributed by atoms with van der Waals surface area (Å²) in [4.78, 5) is 18.3. The van der Waals surface area contributed by atoms with Gasteiger partial charge in [-0.2, -0.15) is 10.2 Å². The molecule has 0 saturated heterocycles. The number of aryl methyl sites for hydroxylation is 1. The summed E-state index contributed by atoms with van der Waals surface area (Å²) in [6.45, 7) is 2.49. The van der Waals surface area contributed by atoms with Crippen LogP contribution in [0.2, 0.25) is 0 Å². The van der Waals surface area contributed by atoms with Crippen LogP contribution >= 0.6 is 0 Å². The van der Waals surface area contributed by atoms with E-state index in [2.05, 4.69) is 15.2 Å². The maximum Gasteiger partial charge on any atom is 0.223 e. The van der Waals surface area contributed by atoms with Gasteiger partial charge in [-0.05, 0) is 18.1 Å². The average molecular weight is 366 g/mol. The van der Waals surface area contributed by atoms with Crippen molar-refractivity contribution in [2.75, 3.05) is 6.54 Å². The molecular weight excluding hydrogens is 344 g/mol. The fourth-order valence-electron chi connectivity index (χ4n) is 3.34. The van der Waals surface area contributed by atoms with Crippen molar-refractivity contribution < 1.29 is 9.90 Å². The first-order valence-corrected chi connectivity index (χ1v) is 9.10. The maximum absolute atomic E-state index is 12.5. The number of hydrogen-bond donors (Lipinski definition) is 1. The molecule has 0 fully saturated rings. The molecule has 8 nitrogen and oxygen atoms in total. The van der Waals surface area contributed by atoms with Crippen LogP contribution in [0.1, 0.15) is 35.9 Å². The summed E-state index contributed by atoms with van der Waals surface area (Å²) in [5.41, 5.74) is 2.39. The molecule has 1 atom stereocenters. The van der Waals surface area contributed by atoms with E-state index in [1.165, 1.54) is 6.33 Å². The van der Waals surface area contributed by atoms with Crippen LogP contribution in [0, 0.1) is 0 Å². The summed E-state index contributed by atoms with van der Waals surface area (Å²) >= 11 is 0. The Morgan fingerprint density at radius 2 is 2.07 bits per heavy atom. The van der Waals surface area contributed by atoms with Crippen LogP contribution < -0.4 is 0 Å². The number of rotatable bonds is 6. The van der Waals surface area contributed by atoms with Gasteiger partial charge in [0.15, 0.2) is 0 Å². The van der Waals surface area contributed by atoms with Crippen molar-refractivity contribution in [2.24, 2.45) is 0 Å². The predicted molar refractivity (Wildman–Crippen MR) is 97.4 cm³/mol. The zero-order valence-corrected chi connectivity index (χ0v) is 15.0. The van der Waals surface area contributed by atoms with E-state index in [0.717, 1.165) is 17.7 Å². The number of carbonyl (C=O) groups is 1. The zero-order valence-electron chi connectivity index (χ0n) is 15.0. The van der Waals surface area contributed by atoms with E-state index in [9.17, 15) is 9.90 Å². The van der Waals surface area contributed by atoms with Gasteiger partial charge in [0.25, 0.3) is 0 Å². The summed E-state index contributed by atoms with van der Waals surface area (Å²) < 4.78 is 3.62. The topological polar surface area (TPSA) is 89.1 Å². The summed E-state index contributed by atoms with van der Waals surface area (Å²) in [5, 5.41) is 19.1. The highest BCUT2D eigenvalue weighted by Gasteiger charge is 2.24. The minimum atomic E-state index is -0.754. The van der Waals surface area contributed by atoms with Gasteiger partial charge in [-0.15, -0.1) is 0 Å². The van der Waals surface area contributed by atoms with Gasteiger partial charge in [-0.25, -0.2) is 4.98 Å². The molecule has 3 heterocycles. The lowest BCUT2D eigenvalue weighted by Gasteiger charge is -2.27. The Hall–Kier alpha value is -3.00. The van der Waals surface area contributed by atoms with Crippen LogP contribution in [0.3, 0.4) is 0 Å². The number of aliphatic hydroxyl groups is 1. The minimum Gasteiger partial charge on any atom is -0.382 e. The Morgan fingerprint density at radius 3 is 2.85 bits per heavy atom. The summed E-state index contributed by atoms with van der Waals surface area (Å²) in [5.74, 6) is 0.132. The van der Waals surface area contributed by atoms with Crippen molar-refractivity contribution in [3.63, 3.8) is 0 Å². The molecule has 0 unspecified atom stereocenters. The molecule has 27 heavy (non-hydrogen) atoms. The Balaban J connectivity index is 1.36. The molecule has 1 aromatic carbocycles. The molecular formula is C19H22N6O2. The Kier molecular flexibility index (Phi) is 4.97. The normalized spacial score (nSPS) is 14.8. The number of benzene rings is 1. The quantitative estimate of drug-likeness (QED) is 0.712. The maximum atomic E-state index is 12.5. The standard InChI is InChI=1S/C19H22N6O2/c26-18(7-4-8-24-14-20-13-21-24)23-9-10-25-16(12-23)11-17(22-25)19(27)15-5-2-1-3-6-15/h1-3,5-6,11,13-14,19,27H,4,7-10,12H2/t19-/m0/s1. The number of fused-ring (bicyclic) bond motifs is 1. The molecule has 1 aliphatic rings. The number of aliphatic hydroxyl groups excluding tert-OH is 1. The van der Waals surface area contributed by atoms with E-state index in [1.54, 1.807) is 11.0 Å². The largest absolute Gasteiger partial charge is 0.382 e. The van der Waals surface area contributed by atoms with Crippen LogP contribution in [0.4, 0.5) is 0 Å². The molecule has 0 radical (unpaired) electrons. The van der Waals surface area contributed by atoms with Gasteiger partial charge in [-0.1, -0.05) is 30.3 Å². The van der Waals surface area contributed by atoms with E-state index >= 15 is 0 Å². The van der Waals surface area contributed by atoms with Crippen molar-refractivity contribution in [1.29, 1.82) is 0 Å². The lowest BCUT2D eigenvalue weighted by atomic mass is 10.1. The van der Waals surface area contributed by atoms with Crippen LogP contribution in [-0.2, 0) is 24.4 Å². The summed E-state index contributed by atoms with van der Waals surface area (Å²) in [6.07, 6.45) is 3.61. The van der Waals surface area contributed by atoms with Crippen molar-refractivity contribution >= 4 is 5.91 Å². The highest BCUT2D eigenvalue weighted by Crippen LogP contribution is 2.23. The molecule has 1 N–H and O–H groups in total. The van der Waals surface area contributed by atoms with Crippen LogP contribution in [0.5, 0.6) is 0 Å². The van der Waals surface area contributed by atoms with Crippen molar-refractivity contribution in [3.8, 4) is 0 Å². The van der Waals surface area contributed by atoms with Gasteiger partial charge >= 0.3 is 0 Å². The van der Waals surface area contributed by atoms with Crippen molar-refractivity contribution in [1.82, 2.24) is 29.4 Å². The van der Waals surface area contributed by atoms with E-state index in [1.807, 2.05) is 46.0 Å². The minimum absolute atomic E-state index is 0.132. The number of carbonyl (C=O) groups excluding carboxylic acids is 1. The molecule has 0 spiro atoms. The lowest BCUT2D eigenvalue weighted by Crippen LogP contribution is -2.38. The van der Waals surface area contributed by atoms with Gasteiger partial charge in [0.1, 0.15) is 18.8 Å². The molecule has 3 aromatic rings. The van der Waals surface area contributed by atoms with E-state index in [4.69, 9.17) is 0 Å². The Bertz CT molecular complexity index is 890. The van der Waals surface area contributed by atoms with Crippen molar-refractivity contribution in [2.45, 2.75) is 38.6 Å². The fourth-order valence-corrected chi connectivity index (χ4v) is 3.34. The van der Waals surface area contributed by atoms with Gasteiger partial charge in [-0.3, -0.25) is 14.2 Å². The first-order chi connectivity index (χ1) is 13.2. The first kappa shape index (κ1) is 17.4. The first-order valence-electron chi connectivity index (χ1n) is 9.10. The monoisotopic (exact) mass is 366 g/mol. The second kappa shape index (κ2) is 7.71. The third kappa shape index (κ3) is 3.90. The van der Waals surface area contributed by atoms with Gasteiger partial charge in [0, 0.05) is 19.5 Å². The number of nitrogens with zero attached hydrogens (tertiary/aromatic N) is 6. The number of hydrogen-bond acceptors (Lipinski definition) is 5. The van der Waals surface area contributed by atoms with E-state index < -0.39 is 6.10 Å². The van der Waals surface area contributed by atoms with Gasteiger partial charge < -0.3 is 10.0 Å². The highest BCUT2D eigenvalue weighted by molar-refractivity contribution is 5.76. The lowest BCUT2D eigenvalue weighted by molar-refractivity contribution is -0.132. The third-order valence-corrected chi connectivity index (χ3v) is 4.81. The van der Waals surface area contributed by atoms with Crippen LogP contribution in [0.15, 0.2) is 49.1 Å². The molecule has 0 aliphatic carbocycles. The summed E-state index contributed by atoms with van der Waals surface area (Å²) in [7, 11) is 0. The smallest absolute Gasteiger partial charge is 0.223 e. The number of aromatic nitrogens is 5. The number of amides is 1. The summed E-state index contributed by atoms with van der Waals surface area (Å²) in [6, 6.07) is 11.4. The average Bonchev–Trinajstić information content (AvgIpc) is 3.37. The molecule has 0 saturated carbocycles. The fraction of sp³-hybridized carbons (Fsp3) is 0.368. The van der Waals surface area contributed by atoms with Crippen LogP contribution in [0.25, 0.3) is 0 Å². The van der Waals surface area contributed by atoms with E-state index in [0.29, 0.717) is 38.3 Å². The zero-order chi connectivity index (χ0) is 18.6. The van der Waals surface area contributed by atoms with E-state index in [-0.39, 0.29) is 5.91 Å².